The Morgan fingerprint density at radius 3 is 2.70 bits per heavy atom. The Labute approximate surface area is 192 Å². The van der Waals surface area contributed by atoms with E-state index in [-0.39, 0.29) is 11.9 Å². The van der Waals surface area contributed by atoms with E-state index in [0.29, 0.717) is 31.9 Å². The number of aromatic nitrogens is 3. The van der Waals surface area contributed by atoms with Gasteiger partial charge in [0, 0.05) is 31.2 Å². The third-order valence-corrected chi connectivity index (χ3v) is 5.95. The van der Waals surface area contributed by atoms with E-state index in [2.05, 4.69) is 32.4 Å². The average Bonchev–Trinajstić information content (AvgIpc) is 3.46. The lowest BCUT2D eigenvalue weighted by molar-refractivity contribution is 0.0117. The zero-order valence-corrected chi connectivity index (χ0v) is 18.6. The van der Waals surface area contributed by atoms with Crippen molar-refractivity contribution < 1.29 is 13.9 Å². The van der Waals surface area contributed by atoms with Crippen molar-refractivity contribution in [1.82, 2.24) is 25.0 Å². The molecule has 1 atom stereocenters. The van der Waals surface area contributed by atoms with Gasteiger partial charge in [-0.05, 0) is 30.7 Å². The Bertz CT molecular complexity index is 1230. The third kappa shape index (κ3) is 4.81. The van der Waals surface area contributed by atoms with Crippen LogP contribution in [0.25, 0.3) is 11.0 Å². The van der Waals surface area contributed by atoms with Crippen LogP contribution in [0.1, 0.15) is 33.5 Å². The minimum absolute atomic E-state index is 0.0446. The maximum Gasteiger partial charge on any atom is 0.252 e. The van der Waals surface area contributed by atoms with Crippen LogP contribution in [0.3, 0.4) is 0 Å². The van der Waals surface area contributed by atoms with E-state index in [4.69, 9.17) is 9.15 Å². The SMILES string of the molecule is Cc1ccc([C@@H](CNC(=O)c2cnc3c(cnn3Cc3ccccc3)c2)N2CCOCC2)o1. The van der Waals surface area contributed by atoms with Crippen molar-refractivity contribution in [1.29, 1.82) is 0 Å². The Kier molecular flexibility index (Phi) is 6.19. The Morgan fingerprint density at radius 1 is 1.12 bits per heavy atom. The van der Waals surface area contributed by atoms with Gasteiger partial charge in [0.2, 0.25) is 0 Å². The van der Waals surface area contributed by atoms with E-state index in [0.717, 1.165) is 41.2 Å². The van der Waals surface area contributed by atoms with Gasteiger partial charge in [0.15, 0.2) is 5.65 Å². The molecule has 170 valence electrons. The lowest BCUT2D eigenvalue weighted by Gasteiger charge is -2.33. The van der Waals surface area contributed by atoms with Crippen LogP contribution in [-0.2, 0) is 11.3 Å². The molecule has 33 heavy (non-hydrogen) atoms. The standard InChI is InChI=1S/C25H27N5O3/c1-18-7-8-23(33-18)22(29-9-11-32-12-10-29)16-27-25(31)21-13-20-15-28-30(24(20)26-14-21)17-19-5-3-2-4-6-19/h2-8,13-15,22H,9-12,16-17H2,1H3,(H,27,31)/t22-/m1/s1. The molecule has 0 aliphatic carbocycles. The van der Waals surface area contributed by atoms with Crippen molar-refractivity contribution in [3.63, 3.8) is 0 Å². The topological polar surface area (TPSA) is 85.4 Å². The van der Waals surface area contributed by atoms with Gasteiger partial charge in [0.05, 0.1) is 37.6 Å². The Hall–Kier alpha value is -3.49. The predicted molar refractivity (Wildman–Crippen MR) is 124 cm³/mol. The molecule has 0 spiro atoms. The Balaban J connectivity index is 1.29. The highest BCUT2D eigenvalue weighted by Gasteiger charge is 2.26. The molecule has 3 aromatic heterocycles. The summed E-state index contributed by atoms with van der Waals surface area (Å²) in [4.78, 5) is 19.8. The highest BCUT2D eigenvalue weighted by Crippen LogP contribution is 2.23. The fourth-order valence-electron chi connectivity index (χ4n) is 4.19. The van der Waals surface area contributed by atoms with E-state index < -0.39 is 0 Å². The number of pyridine rings is 1. The molecule has 1 fully saturated rings. The van der Waals surface area contributed by atoms with Crippen LogP contribution in [0.2, 0.25) is 0 Å². The molecule has 0 bridgehead atoms. The molecule has 0 unspecified atom stereocenters. The second kappa shape index (κ2) is 9.56. The number of carbonyl (C=O) groups is 1. The number of fused-ring (bicyclic) bond motifs is 1. The van der Waals surface area contributed by atoms with Crippen LogP contribution in [0.15, 0.2) is 65.3 Å². The zero-order valence-electron chi connectivity index (χ0n) is 18.6. The van der Waals surface area contributed by atoms with Crippen LogP contribution in [0, 0.1) is 6.92 Å². The van der Waals surface area contributed by atoms with Crippen molar-refractivity contribution in [2.24, 2.45) is 0 Å². The Morgan fingerprint density at radius 2 is 1.94 bits per heavy atom. The van der Waals surface area contributed by atoms with Gasteiger partial charge in [-0.2, -0.15) is 5.10 Å². The monoisotopic (exact) mass is 445 g/mol. The molecule has 0 saturated carbocycles. The molecule has 1 N–H and O–H groups in total. The molecule has 1 amide bonds. The summed E-state index contributed by atoms with van der Waals surface area (Å²) in [6.07, 6.45) is 3.37. The number of furan rings is 1. The highest BCUT2D eigenvalue weighted by molar-refractivity contribution is 5.96. The number of morpholine rings is 1. The van der Waals surface area contributed by atoms with E-state index in [1.807, 2.05) is 48.0 Å². The largest absolute Gasteiger partial charge is 0.465 e. The van der Waals surface area contributed by atoms with E-state index >= 15 is 0 Å². The first-order valence-electron chi connectivity index (χ1n) is 11.2. The van der Waals surface area contributed by atoms with Gasteiger partial charge < -0.3 is 14.5 Å². The summed E-state index contributed by atoms with van der Waals surface area (Å²) in [5.41, 5.74) is 2.42. The molecule has 8 nitrogen and oxygen atoms in total. The first kappa shape index (κ1) is 21.4. The maximum atomic E-state index is 13.0. The first-order chi connectivity index (χ1) is 16.2. The van der Waals surface area contributed by atoms with Gasteiger partial charge in [-0.25, -0.2) is 9.67 Å². The maximum absolute atomic E-state index is 13.0. The molecule has 1 aliphatic rings. The van der Waals surface area contributed by atoms with Crippen LogP contribution in [0.4, 0.5) is 0 Å². The fourth-order valence-corrected chi connectivity index (χ4v) is 4.19. The number of nitrogens with one attached hydrogen (secondary N) is 1. The number of hydrogen-bond acceptors (Lipinski definition) is 6. The van der Waals surface area contributed by atoms with Crippen LogP contribution in [0.5, 0.6) is 0 Å². The smallest absolute Gasteiger partial charge is 0.252 e. The second-order valence-electron chi connectivity index (χ2n) is 8.25. The van der Waals surface area contributed by atoms with E-state index in [1.54, 1.807) is 12.4 Å². The zero-order chi connectivity index (χ0) is 22.6. The number of ether oxygens (including phenoxy) is 1. The van der Waals surface area contributed by atoms with Crippen molar-refractivity contribution in [2.45, 2.75) is 19.5 Å². The molecule has 0 radical (unpaired) electrons. The third-order valence-electron chi connectivity index (χ3n) is 5.95. The quantitative estimate of drug-likeness (QED) is 0.470. The molecule has 1 saturated heterocycles. The van der Waals surface area contributed by atoms with Gasteiger partial charge in [-0.1, -0.05) is 30.3 Å². The summed E-state index contributed by atoms with van der Waals surface area (Å²) in [5.74, 6) is 1.55. The van der Waals surface area contributed by atoms with Crippen LogP contribution >= 0.6 is 0 Å². The molecule has 4 heterocycles. The minimum Gasteiger partial charge on any atom is -0.465 e. The number of benzene rings is 1. The molecule has 1 aliphatic heterocycles. The van der Waals surface area contributed by atoms with Gasteiger partial charge >= 0.3 is 0 Å². The van der Waals surface area contributed by atoms with E-state index in [1.165, 1.54) is 0 Å². The average molecular weight is 446 g/mol. The molecule has 8 heteroatoms. The summed E-state index contributed by atoms with van der Waals surface area (Å²) < 4.78 is 13.2. The summed E-state index contributed by atoms with van der Waals surface area (Å²) in [5, 5.41) is 8.36. The predicted octanol–water partition coefficient (Wildman–Crippen LogP) is 3.18. The van der Waals surface area contributed by atoms with Crippen LogP contribution < -0.4 is 5.32 Å². The molecular formula is C25H27N5O3. The summed E-state index contributed by atoms with van der Waals surface area (Å²) in [6, 6.07) is 15.8. The summed E-state index contributed by atoms with van der Waals surface area (Å²) >= 11 is 0. The summed E-state index contributed by atoms with van der Waals surface area (Å²) in [7, 11) is 0. The lowest BCUT2D eigenvalue weighted by atomic mass is 10.1. The van der Waals surface area contributed by atoms with Gasteiger partial charge in [-0.3, -0.25) is 9.69 Å². The number of rotatable bonds is 7. The number of aryl methyl sites for hydroxylation is 1. The molecule has 4 aromatic rings. The van der Waals surface area contributed by atoms with Gasteiger partial charge in [0.1, 0.15) is 11.5 Å². The normalized spacial score (nSPS) is 15.5. The van der Waals surface area contributed by atoms with Gasteiger partial charge in [-0.15, -0.1) is 0 Å². The van der Waals surface area contributed by atoms with Crippen molar-refractivity contribution in [2.75, 3.05) is 32.8 Å². The number of hydrogen-bond donors (Lipinski definition) is 1. The second-order valence-corrected chi connectivity index (χ2v) is 8.25. The lowest BCUT2D eigenvalue weighted by Crippen LogP contribution is -2.43. The van der Waals surface area contributed by atoms with Gasteiger partial charge in [0.25, 0.3) is 5.91 Å². The van der Waals surface area contributed by atoms with Crippen molar-refractivity contribution in [3.8, 4) is 0 Å². The number of carbonyl (C=O) groups excluding carboxylic acids is 1. The molecule has 5 rings (SSSR count). The molecule has 1 aromatic carbocycles. The van der Waals surface area contributed by atoms with Crippen molar-refractivity contribution in [3.05, 3.63) is 83.6 Å². The van der Waals surface area contributed by atoms with Crippen LogP contribution in [-0.4, -0.2) is 58.4 Å². The van der Waals surface area contributed by atoms with E-state index in [9.17, 15) is 4.79 Å². The minimum atomic E-state index is -0.165. The summed E-state index contributed by atoms with van der Waals surface area (Å²) in [6.45, 7) is 5.96. The fraction of sp³-hybridized carbons (Fsp3) is 0.320. The van der Waals surface area contributed by atoms with Crippen molar-refractivity contribution >= 4 is 16.9 Å². The number of nitrogens with zero attached hydrogens (tertiary/aromatic N) is 4. The molecular weight excluding hydrogens is 418 g/mol. The first-order valence-corrected chi connectivity index (χ1v) is 11.2. The highest BCUT2D eigenvalue weighted by atomic mass is 16.5. The number of amides is 1.